The molecule has 20 heavy (non-hydrogen) atoms. The van der Waals surface area contributed by atoms with Crippen LogP contribution in [-0.2, 0) is 10.0 Å². The van der Waals surface area contributed by atoms with Crippen LogP contribution in [0.5, 0.6) is 0 Å². The molecule has 0 atom stereocenters. The van der Waals surface area contributed by atoms with Gasteiger partial charge in [-0.2, -0.15) is 9.57 Å². The van der Waals surface area contributed by atoms with Crippen molar-refractivity contribution in [2.75, 3.05) is 19.6 Å². The summed E-state index contributed by atoms with van der Waals surface area (Å²) in [6.07, 6.45) is 1.45. The number of hydrogen-bond acceptors (Lipinski definition) is 4. The quantitative estimate of drug-likeness (QED) is 0.903. The van der Waals surface area contributed by atoms with E-state index in [0.717, 1.165) is 25.0 Å². The average Bonchev–Trinajstić information content (AvgIpc) is 2.47. The summed E-state index contributed by atoms with van der Waals surface area (Å²) in [6.45, 7) is 1.37. The van der Waals surface area contributed by atoms with Gasteiger partial charge in [-0.3, -0.25) is 0 Å². The van der Waals surface area contributed by atoms with Crippen LogP contribution in [-0.4, -0.2) is 32.4 Å². The van der Waals surface area contributed by atoms with Gasteiger partial charge in [0, 0.05) is 13.1 Å². The van der Waals surface area contributed by atoms with Crippen LogP contribution in [0.1, 0.15) is 18.4 Å². The number of nitrogens with two attached hydrogens (primary N) is 1. The van der Waals surface area contributed by atoms with Gasteiger partial charge in [0.05, 0.1) is 10.5 Å². The Hall–Kier alpha value is -1.49. The van der Waals surface area contributed by atoms with Crippen molar-refractivity contribution in [2.24, 2.45) is 11.7 Å². The molecular weight excluding hydrogens is 281 g/mol. The van der Waals surface area contributed by atoms with E-state index in [1.54, 1.807) is 6.07 Å². The highest BCUT2D eigenvalue weighted by molar-refractivity contribution is 7.89. The Balaban J connectivity index is 2.25. The third-order valence-corrected chi connectivity index (χ3v) is 5.50. The van der Waals surface area contributed by atoms with Crippen molar-refractivity contribution < 1.29 is 12.8 Å². The average molecular weight is 297 g/mol. The topological polar surface area (TPSA) is 87.2 Å². The van der Waals surface area contributed by atoms with Gasteiger partial charge in [-0.15, -0.1) is 0 Å². The third-order valence-electron chi connectivity index (χ3n) is 3.60. The molecule has 108 valence electrons. The SMILES string of the molecule is N#Cc1cc(S(=O)(=O)N2CCC(CN)CC2)ccc1F. The van der Waals surface area contributed by atoms with E-state index in [1.165, 1.54) is 10.4 Å². The molecule has 0 aliphatic carbocycles. The van der Waals surface area contributed by atoms with Gasteiger partial charge < -0.3 is 5.73 Å². The minimum absolute atomic E-state index is 0.0401. The highest BCUT2D eigenvalue weighted by atomic mass is 32.2. The predicted octanol–water partition coefficient (Wildman–Crippen LogP) is 1.06. The molecule has 2 rings (SSSR count). The molecule has 2 N–H and O–H groups in total. The van der Waals surface area contributed by atoms with Crippen molar-refractivity contribution in [3.05, 3.63) is 29.6 Å². The number of sulfonamides is 1. The van der Waals surface area contributed by atoms with Crippen LogP contribution in [0, 0.1) is 23.1 Å². The van der Waals surface area contributed by atoms with Crippen molar-refractivity contribution in [2.45, 2.75) is 17.7 Å². The fourth-order valence-corrected chi connectivity index (χ4v) is 3.78. The summed E-state index contributed by atoms with van der Waals surface area (Å²) < 4.78 is 39.5. The second kappa shape index (κ2) is 5.87. The van der Waals surface area contributed by atoms with E-state index < -0.39 is 15.8 Å². The predicted molar refractivity (Wildman–Crippen MR) is 71.7 cm³/mol. The van der Waals surface area contributed by atoms with E-state index in [0.29, 0.717) is 25.6 Å². The summed E-state index contributed by atoms with van der Waals surface area (Å²) in [5.41, 5.74) is 5.32. The van der Waals surface area contributed by atoms with Crippen LogP contribution in [0.25, 0.3) is 0 Å². The minimum Gasteiger partial charge on any atom is -0.330 e. The van der Waals surface area contributed by atoms with Gasteiger partial charge in [0.2, 0.25) is 10.0 Å². The first-order chi connectivity index (χ1) is 9.48. The maximum absolute atomic E-state index is 13.3. The van der Waals surface area contributed by atoms with Crippen molar-refractivity contribution in [3.8, 4) is 6.07 Å². The van der Waals surface area contributed by atoms with Crippen LogP contribution < -0.4 is 5.73 Å². The fourth-order valence-electron chi connectivity index (χ4n) is 2.28. The first-order valence-electron chi connectivity index (χ1n) is 6.39. The highest BCUT2D eigenvalue weighted by Gasteiger charge is 2.29. The van der Waals surface area contributed by atoms with Crippen LogP contribution in [0.15, 0.2) is 23.1 Å². The summed E-state index contributed by atoms with van der Waals surface area (Å²) in [7, 11) is -3.67. The maximum atomic E-state index is 13.3. The normalized spacial score (nSPS) is 17.9. The molecule has 0 radical (unpaired) electrons. The van der Waals surface area contributed by atoms with E-state index in [4.69, 9.17) is 11.0 Å². The maximum Gasteiger partial charge on any atom is 0.243 e. The summed E-state index contributed by atoms with van der Waals surface area (Å²) >= 11 is 0. The smallest absolute Gasteiger partial charge is 0.243 e. The Morgan fingerprint density at radius 1 is 1.40 bits per heavy atom. The van der Waals surface area contributed by atoms with Gasteiger partial charge in [0.25, 0.3) is 0 Å². The molecule has 0 bridgehead atoms. The lowest BCUT2D eigenvalue weighted by Crippen LogP contribution is -2.40. The van der Waals surface area contributed by atoms with Crippen molar-refractivity contribution in [1.82, 2.24) is 4.31 Å². The molecule has 1 saturated heterocycles. The molecule has 0 saturated carbocycles. The summed E-state index contributed by atoms with van der Waals surface area (Å²) in [5.74, 6) is -0.363. The first-order valence-corrected chi connectivity index (χ1v) is 7.83. The van der Waals surface area contributed by atoms with Gasteiger partial charge in [0.1, 0.15) is 11.9 Å². The third kappa shape index (κ3) is 2.82. The second-order valence-electron chi connectivity index (χ2n) is 4.84. The van der Waals surface area contributed by atoms with Gasteiger partial charge in [-0.1, -0.05) is 0 Å². The molecule has 0 aromatic heterocycles. The molecule has 1 aromatic rings. The van der Waals surface area contributed by atoms with Crippen LogP contribution in [0.4, 0.5) is 4.39 Å². The van der Waals surface area contributed by atoms with Crippen LogP contribution >= 0.6 is 0 Å². The van der Waals surface area contributed by atoms with Crippen LogP contribution in [0.2, 0.25) is 0 Å². The lowest BCUT2D eigenvalue weighted by molar-refractivity contribution is 0.278. The molecule has 1 aliphatic heterocycles. The number of halogens is 1. The Morgan fingerprint density at radius 3 is 2.60 bits per heavy atom. The van der Waals surface area contributed by atoms with E-state index in [9.17, 15) is 12.8 Å². The van der Waals surface area contributed by atoms with Gasteiger partial charge in [-0.25, -0.2) is 12.8 Å². The number of hydrogen-bond donors (Lipinski definition) is 1. The Morgan fingerprint density at radius 2 is 2.05 bits per heavy atom. The number of benzene rings is 1. The van der Waals surface area contributed by atoms with Gasteiger partial charge in [0.15, 0.2) is 0 Å². The highest BCUT2D eigenvalue weighted by Crippen LogP contribution is 2.24. The van der Waals surface area contributed by atoms with Gasteiger partial charge in [-0.05, 0) is 43.5 Å². The molecule has 0 unspecified atom stereocenters. The molecule has 0 amide bonds. The van der Waals surface area contributed by atoms with Crippen molar-refractivity contribution in [1.29, 1.82) is 5.26 Å². The van der Waals surface area contributed by atoms with E-state index >= 15 is 0 Å². The number of nitrogens with zero attached hydrogens (tertiary/aromatic N) is 2. The summed E-state index contributed by atoms with van der Waals surface area (Å²) in [4.78, 5) is -0.0401. The molecule has 1 fully saturated rings. The minimum atomic E-state index is -3.67. The molecule has 1 aromatic carbocycles. The first kappa shape index (κ1) is 14.9. The summed E-state index contributed by atoms with van der Waals surface area (Å²) in [5, 5.41) is 8.77. The Bertz CT molecular complexity index is 632. The lowest BCUT2D eigenvalue weighted by Gasteiger charge is -2.30. The second-order valence-corrected chi connectivity index (χ2v) is 6.77. The molecular formula is C13H16FN3O2S. The number of piperidine rings is 1. The Labute approximate surface area is 117 Å². The van der Waals surface area contributed by atoms with Crippen molar-refractivity contribution in [3.63, 3.8) is 0 Å². The zero-order chi connectivity index (χ0) is 14.8. The molecule has 1 aliphatic rings. The largest absolute Gasteiger partial charge is 0.330 e. The number of nitriles is 1. The molecule has 7 heteroatoms. The van der Waals surface area contributed by atoms with E-state index in [-0.39, 0.29) is 10.5 Å². The van der Waals surface area contributed by atoms with E-state index in [1.807, 2.05) is 0 Å². The van der Waals surface area contributed by atoms with Crippen molar-refractivity contribution >= 4 is 10.0 Å². The fraction of sp³-hybridized carbons (Fsp3) is 0.462. The van der Waals surface area contributed by atoms with Crippen LogP contribution in [0.3, 0.4) is 0 Å². The zero-order valence-electron chi connectivity index (χ0n) is 10.9. The molecule has 1 heterocycles. The monoisotopic (exact) mass is 297 g/mol. The Kier molecular flexibility index (Phi) is 4.38. The molecule has 0 spiro atoms. The standard InChI is InChI=1S/C13H16FN3O2S/c14-13-2-1-12(7-11(13)9-16)20(18,19)17-5-3-10(8-15)4-6-17/h1-2,7,10H,3-6,8,15H2. The summed E-state index contributed by atoms with van der Waals surface area (Å²) in [6, 6.07) is 4.94. The van der Waals surface area contributed by atoms with E-state index in [2.05, 4.69) is 0 Å². The van der Waals surface area contributed by atoms with Gasteiger partial charge >= 0.3 is 0 Å². The molecule has 5 nitrogen and oxygen atoms in total. The zero-order valence-corrected chi connectivity index (χ0v) is 11.7. The number of rotatable bonds is 3. The lowest BCUT2D eigenvalue weighted by atomic mass is 9.99.